The van der Waals surface area contributed by atoms with E-state index in [2.05, 4.69) is 5.32 Å². The van der Waals surface area contributed by atoms with E-state index in [1.165, 1.54) is 4.57 Å². The first-order chi connectivity index (χ1) is 15.5. The maximum Gasteiger partial charge on any atom is 0.419 e. The zero-order valence-corrected chi connectivity index (χ0v) is 18.2. The van der Waals surface area contributed by atoms with Crippen LogP contribution >= 0.6 is 0 Å². The molecule has 2 aromatic carbocycles. The first-order valence-electron chi connectivity index (χ1n) is 10.4. The summed E-state index contributed by atoms with van der Waals surface area (Å²) in [5, 5.41) is 13.3. The summed E-state index contributed by atoms with van der Waals surface area (Å²) in [5.41, 5.74) is 2.23. The minimum absolute atomic E-state index is 0.109. The largest absolute Gasteiger partial charge is 0.491 e. The summed E-state index contributed by atoms with van der Waals surface area (Å²) in [6.45, 7) is 3.15. The number of rotatable bonds is 12. The first kappa shape index (κ1) is 23.4. The summed E-state index contributed by atoms with van der Waals surface area (Å²) >= 11 is 0. The summed E-state index contributed by atoms with van der Waals surface area (Å²) in [7, 11) is 1.64. The van der Waals surface area contributed by atoms with Crippen LogP contribution in [0, 0.1) is 0 Å². The molecule has 0 aliphatic rings. The number of benzene rings is 2. The van der Waals surface area contributed by atoms with Crippen LogP contribution in [0.3, 0.4) is 0 Å². The summed E-state index contributed by atoms with van der Waals surface area (Å²) in [6, 6.07) is 12.6. The van der Waals surface area contributed by atoms with Gasteiger partial charge in [0.15, 0.2) is 12.2 Å². The number of hydrogen-bond donors (Lipinski definition) is 2. The Labute approximate surface area is 185 Å². The van der Waals surface area contributed by atoms with Gasteiger partial charge in [-0.1, -0.05) is 12.1 Å². The van der Waals surface area contributed by atoms with E-state index in [-0.39, 0.29) is 13.2 Å². The highest BCUT2D eigenvalue weighted by molar-refractivity contribution is 5.74. The van der Waals surface area contributed by atoms with Crippen molar-refractivity contribution in [3.8, 4) is 11.5 Å². The van der Waals surface area contributed by atoms with Crippen LogP contribution in [0.5, 0.6) is 11.5 Å². The van der Waals surface area contributed by atoms with Gasteiger partial charge in [-0.25, -0.2) is 9.59 Å². The number of carbonyl (C=O) groups is 1. The standard InChI is InChI=1S/C23H28N2O7/c1-3-29-22(27)15-31-18-6-4-16(5-7-18)10-11-24-13-17(26)14-30-19-8-9-20-21(12-19)32-23(28)25(20)2/h4-9,12,17,24,26H,3,10-11,13-15H2,1-2H3. The zero-order chi connectivity index (χ0) is 22.9. The van der Waals surface area contributed by atoms with E-state index in [9.17, 15) is 14.7 Å². The highest BCUT2D eigenvalue weighted by atomic mass is 16.6. The number of carbonyl (C=O) groups excluding carboxylic acids is 1. The monoisotopic (exact) mass is 444 g/mol. The van der Waals surface area contributed by atoms with Gasteiger partial charge >= 0.3 is 11.7 Å². The number of nitrogens with one attached hydrogen (secondary N) is 1. The van der Waals surface area contributed by atoms with Crippen molar-refractivity contribution < 1.29 is 28.5 Å². The highest BCUT2D eigenvalue weighted by Gasteiger charge is 2.09. The average molecular weight is 444 g/mol. The van der Waals surface area contributed by atoms with Gasteiger partial charge in [-0.05, 0) is 49.7 Å². The fraction of sp³-hybridized carbons (Fsp3) is 0.391. The van der Waals surface area contributed by atoms with E-state index in [0.717, 1.165) is 12.0 Å². The second kappa shape index (κ2) is 11.4. The molecule has 0 spiro atoms. The lowest BCUT2D eigenvalue weighted by molar-refractivity contribution is -0.145. The van der Waals surface area contributed by atoms with Gasteiger partial charge < -0.3 is 29.1 Å². The fourth-order valence-electron chi connectivity index (χ4n) is 3.05. The number of aryl methyl sites for hydroxylation is 1. The predicted octanol–water partition coefficient (Wildman–Crippen LogP) is 1.65. The molecule has 0 amide bonds. The van der Waals surface area contributed by atoms with Crippen molar-refractivity contribution in [3.63, 3.8) is 0 Å². The van der Waals surface area contributed by atoms with Crippen molar-refractivity contribution in [3.05, 3.63) is 58.6 Å². The van der Waals surface area contributed by atoms with Crippen LogP contribution in [0.1, 0.15) is 12.5 Å². The zero-order valence-electron chi connectivity index (χ0n) is 18.2. The third-order valence-corrected chi connectivity index (χ3v) is 4.76. The molecule has 2 N–H and O–H groups in total. The molecular formula is C23H28N2O7. The molecule has 9 nitrogen and oxygen atoms in total. The smallest absolute Gasteiger partial charge is 0.419 e. The molecule has 1 aromatic heterocycles. The number of nitrogens with zero attached hydrogens (tertiary/aromatic N) is 1. The van der Waals surface area contributed by atoms with Gasteiger partial charge in [0.05, 0.1) is 12.1 Å². The highest BCUT2D eigenvalue weighted by Crippen LogP contribution is 2.19. The lowest BCUT2D eigenvalue weighted by Crippen LogP contribution is -2.32. The molecule has 0 fully saturated rings. The number of fused-ring (bicyclic) bond motifs is 1. The molecule has 1 heterocycles. The van der Waals surface area contributed by atoms with Gasteiger partial charge in [0.25, 0.3) is 0 Å². The van der Waals surface area contributed by atoms with Crippen molar-refractivity contribution in [2.75, 3.05) is 32.9 Å². The number of aliphatic hydroxyl groups is 1. The lowest BCUT2D eigenvalue weighted by atomic mass is 10.1. The van der Waals surface area contributed by atoms with Gasteiger partial charge in [-0.3, -0.25) is 4.57 Å². The van der Waals surface area contributed by atoms with E-state index in [1.54, 1.807) is 32.2 Å². The van der Waals surface area contributed by atoms with Crippen LogP contribution in [0.15, 0.2) is 51.7 Å². The number of hydrogen-bond acceptors (Lipinski definition) is 8. The van der Waals surface area contributed by atoms with Gasteiger partial charge in [-0.2, -0.15) is 0 Å². The number of aromatic nitrogens is 1. The van der Waals surface area contributed by atoms with Crippen LogP contribution in [-0.4, -0.2) is 54.7 Å². The number of esters is 1. The fourth-order valence-corrected chi connectivity index (χ4v) is 3.05. The molecule has 1 atom stereocenters. The van der Waals surface area contributed by atoms with Crippen LogP contribution in [-0.2, 0) is 23.0 Å². The topological polar surface area (TPSA) is 112 Å². The Bertz CT molecular complexity index is 1070. The third-order valence-electron chi connectivity index (χ3n) is 4.76. The van der Waals surface area contributed by atoms with Crippen molar-refractivity contribution in [1.82, 2.24) is 9.88 Å². The Balaban J connectivity index is 1.34. The summed E-state index contributed by atoms with van der Waals surface area (Å²) < 4.78 is 22.3. The first-order valence-corrected chi connectivity index (χ1v) is 10.4. The van der Waals surface area contributed by atoms with E-state index in [0.29, 0.717) is 42.3 Å². The SMILES string of the molecule is CCOC(=O)COc1ccc(CCNCC(O)COc2ccc3c(c2)oc(=O)n3C)cc1. The minimum atomic E-state index is -0.688. The molecule has 3 aromatic rings. The van der Waals surface area contributed by atoms with Gasteiger partial charge in [0.2, 0.25) is 0 Å². The Kier molecular flexibility index (Phi) is 8.29. The molecule has 0 bridgehead atoms. The molecule has 0 saturated heterocycles. The van der Waals surface area contributed by atoms with Crippen molar-refractivity contribution in [1.29, 1.82) is 0 Å². The molecule has 0 saturated carbocycles. The summed E-state index contributed by atoms with van der Waals surface area (Å²) in [6.07, 6.45) is 0.0854. The number of ether oxygens (including phenoxy) is 3. The van der Waals surface area contributed by atoms with Gasteiger partial charge in [0.1, 0.15) is 24.2 Å². The Morgan fingerprint density at radius 1 is 1.16 bits per heavy atom. The lowest BCUT2D eigenvalue weighted by Gasteiger charge is -2.13. The molecular weight excluding hydrogens is 416 g/mol. The maximum atomic E-state index is 11.5. The van der Waals surface area contributed by atoms with E-state index >= 15 is 0 Å². The van der Waals surface area contributed by atoms with Crippen LogP contribution in [0.2, 0.25) is 0 Å². The van der Waals surface area contributed by atoms with Crippen molar-refractivity contribution in [2.45, 2.75) is 19.4 Å². The number of aliphatic hydroxyl groups excluding tert-OH is 1. The van der Waals surface area contributed by atoms with E-state index in [4.69, 9.17) is 18.6 Å². The predicted molar refractivity (Wildman–Crippen MR) is 118 cm³/mol. The second-order valence-corrected chi connectivity index (χ2v) is 7.21. The van der Waals surface area contributed by atoms with Crippen molar-refractivity contribution in [2.24, 2.45) is 7.05 Å². The Morgan fingerprint density at radius 2 is 1.91 bits per heavy atom. The molecule has 9 heteroatoms. The average Bonchev–Trinajstić information content (AvgIpc) is 3.07. The van der Waals surface area contributed by atoms with Gasteiger partial charge in [-0.15, -0.1) is 0 Å². The van der Waals surface area contributed by atoms with E-state index in [1.807, 2.05) is 24.3 Å². The van der Waals surface area contributed by atoms with Crippen LogP contribution < -0.4 is 20.5 Å². The van der Waals surface area contributed by atoms with E-state index < -0.39 is 17.8 Å². The van der Waals surface area contributed by atoms with Crippen molar-refractivity contribution >= 4 is 17.1 Å². The Morgan fingerprint density at radius 3 is 2.66 bits per heavy atom. The molecule has 0 aliphatic heterocycles. The third kappa shape index (κ3) is 6.60. The Hall–Kier alpha value is -3.30. The van der Waals surface area contributed by atoms with Gasteiger partial charge in [0, 0.05) is 19.7 Å². The molecule has 172 valence electrons. The maximum absolute atomic E-state index is 11.5. The second-order valence-electron chi connectivity index (χ2n) is 7.21. The minimum Gasteiger partial charge on any atom is -0.491 e. The summed E-state index contributed by atoms with van der Waals surface area (Å²) in [5.74, 6) is 0.308. The molecule has 32 heavy (non-hydrogen) atoms. The summed E-state index contributed by atoms with van der Waals surface area (Å²) in [4.78, 5) is 22.8. The number of oxazole rings is 1. The van der Waals surface area contributed by atoms with Crippen LogP contribution in [0.4, 0.5) is 0 Å². The normalized spacial score (nSPS) is 12.0. The molecule has 1 unspecified atom stereocenters. The molecule has 0 aliphatic carbocycles. The quantitative estimate of drug-likeness (QED) is 0.320. The van der Waals surface area contributed by atoms with Crippen LogP contribution in [0.25, 0.3) is 11.1 Å². The molecule has 3 rings (SSSR count). The molecule has 0 radical (unpaired) electrons.